The van der Waals surface area contributed by atoms with Gasteiger partial charge in [0.25, 0.3) is 5.91 Å². The number of ether oxygens (including phenoxy) is 2. The highest BCUT2D eigenvalue weighted by Crippen LogP contribution is 2.25. The Hall–Kier alpha value is -1.40. The van der Waals surface area contributed by atoms with Gasteiger partial charge in [-0.2, -0.15) is 0 Å². The molecule has 3 rings (SSSR count). The Bertz CT molecular complexity index is 553. The monoisotopic (exact) mass is 338 g/mol. The summed E-state index contributed by atoms with van der Waals surface area (Å²) in [5, 5.41) is 2.92. The van der Waals surface area contributed by atoms with Crippen LogP contribution >= 0.6 is 15.9 Å². The molecule has 20 heavy (non-hydrogen) atoms. The van der Waals surface area contributed by atoms with Crippen LogP contribution in [0.3, 0.4) is 0 Å². The second-order valence-corrected chi connectivity index (χ2v) is 5.63. The number of nitrogens with zero attached hydrogens (tertiary/aromatic N) is 1. The molecule has 6 heteroatoms. The van der Waals surface area contributed by atoms with Gasteiger partial charge in [-0.15, -0.1) is 0 Å². The molecule has 0 bridgehead atoms. The number of amides is 1. The fourth-order valence-electron chi connectivity index (χ4n) is 2.30. The fourth-order valence-corrected chi connectivity index (χ4v) is 2.66. The van der Waals surface area contributed by atoms with E-state index in [2.05, 4.69) is 26.2 Å². The summed E-state index contributed by atoms with van der Waals surface area (Å²) < 4.78 is 11.8. The molecule has 1 N–H and O–H groups in total. The third-order valence-electron chi connectivity index (χ3n) is 3.28. The first-order valence-corrected chi connectivity index (χ1v) is 7.43. The van der Waals surface area contributed by atoms with Gasteiger partial charge in [-0.1, -0.05) is 15.9 Å². The number of benzene rings is 1. The average molecular weight is 339 g/mol. The SMILES string of the molecule is O=C(Nc1cc(Br)ccc1C1=NCCO1)[C@H]1CCCO1. The molecule has 0 aliphatic carbocycles. The zero-order valence-electron chi connectivity index (χ0n) is 10.9. The largest absolute Gasteiger partial charge is 0.475 e. The summed E-state index contributed by atoms with van der Waals surface area (Å²) >= 11 is 3.42. The molecular formula is C14H15BrN2O3. The number of halogens is 1. The lowest BCUT2D eigenvalue weighted by Crippen LogP contribution is -2.27. The van der Waals surface area contributed by atoms with Crippen LogP contribution in [0, 0.1) is 0 Å². The van der Waals surface area contributed by atoms with Crippen molar-refractivity contribution in [2.24, 2.45) is 4.99 Å². The molecule has 0 radical (unpaired) electrons. The highest BCUT2D eigenvalue weighted by molar-refractivity contribution is 9.10. The van der Waals surface area contributed by atoms with Crippen LogP contribution in [-0.2, 0) is 14.3 Å². The van der Waals surface area contributed by atoms with Crippen LogP contribution in [0.25, 0.3) is 0 Å². The van der Waals surface area contributed by atoms with E-state index in [9.17, 15) is 4.79 Å². The van der Waals surface area contributed by atoms with Gasteiger partial charge in [0.05, 0.1) is 17.8 Å². The van der Waals surface area contributed by atoms with E-state index in [1.807, 2.05) is 18.2 Å². The Morgan fingerprint density at radius 2 is 2.30 bits per heavy atom. The summed E-state index contributed by atoms with van der Waals surface area (Å²) in [5.74, 6) is 0.473. The molecule has 1 saturated heterocycles. The minimum absolute atomic E-state index is 0.111. The standard InChI is InChI=1S/C14H15BrN2O3/c15-9-3-4-10(14-16-5-7-20-14)11(8-9)17-13(18)12-2-1-6-19-12/h3-4,8,12H,1-2,5-7H2,(H,17,18)/t12-/m1/s1. The van der Waals surface area contributed by atoms with Crippen LogP contribution in [0.4, 0.5) is 5.69 Å². The average Bonchev–Trinajstić information content (AvgIpc) is 3.12. The van der Waals surface area contributed by atoms with Gasteiger partial charge in [0.1, 0.15) is 12.7 Å². The number of hydrogen-bond acceptors (Lipinski definition) is 4. The van der Waals surface area contributed by atoms with Gasteiger partial charge in [-0.25, -0.2) is 4.99 Å². The Kier molecular flexibility index (Phi) is 4.03. The van der Waals surface area contributed by atoms with Gasteiger partial charge < -0.3 is 14.8 Å². The quantitative estimate of drug-likeness (QED) is 0.920. The molecule has 106 valence electrons. The Balaban J connectivity index is 1.83. The summed E-state index contributed by atoms with van der Waals surface area (Å²) in [6.45, 7) is 1.90. The van der Waals surface area contributed by atoms with Crippen molar-refractivity contribution in [2.45, 2.75) is 18.9 Å². The summed E-state index contributed by atoms with van der Waals surface area (Å²) in [4.78, 5) is 16.5. The third-order valence-corrected chi connectivity index (χ3v) is 3.77. The zero-order valence-corrected chi connectivity index (χ0v) is 12.5. The molecule has 0 aromatic heterocycles. The first kappa shape index (κ1) is 13.6. The van der Waals surface area contributed by atoms with Gasteiger partial charge >= 0.3 is 0 Å². The number of aliphatic imine (C=N–C) groups is 1. The minimum Gasteiger partial charge on any atom is -0.475 e. The molecule has 1 aromatic rings. The molecule has 1 fully saturated rings. The second-order valence-electron chi connectivity index (χ2n) is 4.72. The normalized spacial score (nSPS) is 21.4. The van der Waals surface area contributed by atoms with Crippen LogP contribution in [0.2, 0.25) is 0 Å². The van der Waals surface area contributed by atoms with E-state index >= 15 is 0 Å². The van der Waals surface area contributed by atoms with Crippen molar-refractivity contribution in [3.8, 4) is 0 Å². The number of hydrogen-bond donors (Lipinski definition) is 1. The first-order chi connectivity index (χ1) is 9.74. The van der Waals surface area contributed by atoms with Crippen molar-refractivity contribution >= 4 is 33.4 Å². The molecule has 2 heterocycles. The van der Waals surface area contributed by atoms with E-state index < -0.39 is 0 Å². The Morgan fingerprint density at radius 1 is 1.40 bits per heavy atom. The maximum absolute atomic E-state index is 12.2. The topological polar surface area (TPSA) is 59.9 Å². The first-order valence-electron chi connectivity index (χ1n) is 6.64. The maximum Gasteiger partial charge on any atom is 0.253 e. The highest BCUT2D eigenvalue weighted by atomic mass is 79.9. The van der Waals surface area contributed by atoms with Crippen LogP contribution in [-0.4, -0.2) is 37.7 Å². The highest BCUT2D eigenvalue weighted by Gasteiger charge is 2.25. The number of anilines is 1. The van der Waals surface area contributed by atoms with Crippen LogP contribution in [0.1, 0.15) is 18.4 Å². The molecule has 1 atom stereocenters. The lowest BCUT2D eigenvalue weighted by atomic mass is 10.1. The fraction of sp³-hybridized carbons (Fsp3) is 0.429. The van der Waals surface area contributed by atoms with E-state index in [0.717, 1.165) is 22.9 Å². The molecule has 0 unspecified atom stereocenters. The molecule has 2 aliphatic rings. The van der Waals surface area contributed by atoms with E-state index in [0.29, 0.717) is 31.3 Å². The van der Waals surface area contributed by atoms with Gasteiger partial charge in [-0.05, 0) is 31.0 Å². The number of carbonyl (C=O) groups is 1. The molecular weight excluding hydrogens is 324 g/mol. The molecule has 1 amide bonds. The Labute approximate surface area is 125 Å². The minimum atomic E-state index is -0.353. The maximum atomic E-state index is 12.2. The van der Waals surface area contributed by atoms with Crippen LogP contribution in [0.5, 0.6) is 0 Å². The molecule has 1 aromatic carbocycles. The van der Waals surface area contributed by atoms with Gasteiger partial charge in [-0.3, -0.25) is 4.79 Å². The van der Waals surface area contributed by atoms with Crippen molar-refractivity contribution in [2.75, 3.05) is 25.1 Å². The smallest absolute Gasteiger partial charge is 0.253 e. The van der Waals surface area contributed by atoms with Gasteiger partial charge in [0.2, 0.25) is 5.90 Å². The summed E-state index contributed by atoms with van der Waals surface area (Å²) in [7, 11) is 0. The molecule has 0 saturated carbocycles. The Morgan fingerprint density at radius 3 is 3.00 bits per heavy atom. The van der Waals surface area contributed by atoms with E-state index in [-0.39, 0.29) is 12.0 Å². The van der Waals surface area contributed by atoms with Crippen molar-refractivity contribution in [3.63, 3.8) is 0 Å². The summed E-state index contributed by atoms with van der Waals surface area (Å²) in [6.07, 6.45) is 1.35. The van der Waals surface area contributed by atoms with E-state index in [1.54, 1.807) is 0 Å². The number of rotatable bonds is 3. The van der Waals surface area contributed by atoms with Gasteiger partial charge in [0.15, 0.2) is 0 Å². The second kappa shape index (κ2) is 5.93. The lowest BCUT2D eigenvalue weighted by Gasteiger charge is -2.14. The zero-order chi connectivity index (χ0) is 13.9. The molecule has 0 spiro atoms. The number of nitrogens with one attached hydrogen (secondary N) is 1. The van der Waals surface area contributed by atoms with Crippen molar-refractivity contribution in [1.29, 1.82) is 0 Å². The van der Waals surface area contributed by atoms with Crippen LogP contribution in [0.15, 0.2) is 27.7 Å². The predicted molar refractivity (Wildman–Crippen MR) is 79.1 cm³/mol. The lowest BCUT2D eigenvalue weighted by molar-refractivity contribution is -0.124. The van der Waals surface area contributed by atoms with Crippen molar-refractivity contribution in [1.82, 2.24) is 0 Å². The molecule has 2 aliphatic heterocycles. The summed E-state index contributed by atoms with van der Waals surface area (Å²) in [5.41, 5.74) is 1.50. The van der Waals surface area contributed by atoms with Crippen molar-refractivity contribution < 1.29 is 14.3 Å². The molecule has 5 nitrogen and oxygen atoms in total. The van der Waals surface area contributed by atoms with Crippen molar-refractivity contribution in [3.05, 3.63) is 28.2 Å². The number of carbonyl (C=O) groups excluding carboxylic acids is 1. The van der Waals surface area contributed by atoms with Gasteiger partial charge in [0, 0.05) is 11.1 Å². The predicted octanol–water partition coefficient (Wildman–Crippen LogP) is 2.34. The van der Waals surface area contributed by atoms with E-state index in [4.69, 9.17) is 9.47 Å². The van der Waals surface area contributed by atoms with E-state index in [1.165, 1.54) is 0 Å². The third kappa shape index (κ3) is 2.86. The van der Waals surface area contributed by atoms with Crippen LogP contribution < -0.4 is 5.32 Å². The summed E-state index contributed by atoms with van der Waals surface area (Å²) in [6, 6.07) is 5.65.